The van der Waals surface area contributed by atoms with Crippen molar-refractivity contribution in [2.75, 3.05) is 0 Å². The van der Waals surface area contributed by atoms with Gasteiger partial charge in [0.25, 0.3) is 5.56 Å². The molecule has 0 amide bonds. The van der Waals surface area contributed by atoms with E-state index in [4.69, 9.17) is 7.85 Å². The second-order valence-corrected chi connectivity index (χ2v) is 5.24. The summed E-state index contributed by atoms with van der Waals surface area (Å²) in [6.07, 6.45) is 4.29. The van der Waals surface area contributed by atoms with Gasteiger partial charge in [0.15, 0.2) is 19.0 Å². The fourth-order valence-corrected chi connectivity index (χ4v) is 2.62. The van der Waals surface area contributed by atoms with Gasteiger partial charge in [0.05, 0.1) is 12.1 Å². The Hall–Kier alpha value is -1.59. The van der Waals surface area contributed by atoms with Crippen LogP contribution in [0.2, 0.25) is 0 Å². The van der Waals surface area contributed by atoms with Gasteiger partial charge < -0.3 is 4.57 Å². The highest BCUT2D eigenvalue weighted by Crippen LogP contribution is 2.24. The zero-order chi connectivity index (χ0) is 14.2. The van der Waals surface area contributed by atoms with E-state index >= 15 is 0 Å². The molecular weight excluding hydrogens is 239 g/mol. The molecule has 0 aliphatic carbocycles. The molecule has 0 saturated heterocycles. The highest BCUT2D eigenvalue weighted by Gasteiger charge is 2.27. The molecule has 2 rings (SSSR count). The zero-order valence-electron chi connectivity index (χ0n) is 12.0. The Bertz CT molecular complexity index is 660. The summed E-state index contributed by atoms with van der Waals surface area (Å²) in [4.78, 5) is 21.0. The number of hydrogen-bond acceptors (Lipinski definition) is 3. The second kappa shape index (κ2) is 4.83. The number of fused-ring (bicyclic) bond motifs is 1. The maximum atomic E-state index is 12.7. The van der Waals surface area contributed by atoms with E-state index in [1.165, 1.54) is 0 Å². The van der Waals surface area contributed by atoms with Crippen LogP contribution in [0.1, 0.15) is 40.0 Å². The molecule has 0 aliphatic heterocycles. The van der Waals surface area contributed by atoms with Crippen LogP contribution in [-0.4, -0.2) is 26.9 Å². The molecular formula is C13H19BN4O. The Balaban J connectivity index is 2.79. The van der Waals surface area contributed by atoms with Crippen molar-refractivity contribution in [1.82, 2.24) is 19.1 Å². The normalized spacial score (nSPS) is 14.7. The van der Waals surface area contributed by atoms with Gasteiger partial charge in [-0.05, 0) is 19.8 Å². The third-order valence-electron chi connectivity index (χ3n) is 3.86. The lowest BCUT2D eigenvalue weighted by molar-refractivity contribution is 0.276. The van der Waals surface area contributed by atoms with E-state index in [2.05, 4.69) is 30.7 Å². The molecule has 2 aromatic heterocycles. The molecule has 6 heteroatoms. The lowest BCUT2D eigenvalue weighted by Gasteiger charge is -2.32. The minimum Gasteiger partial charge on any atom is -0.328 e. The van der Waals surface area contributed by atoms with Crippen molar-refractivity contribution in [2.45, 2.75) is 45.6 Å². The minimum absolute atomic E-state index is 0.111. The van der Waals surface area contributed by atoms with E-state index in [1.54, 1.807) is 22.5 Å². The third-order valence-corrected chi connectivity index (χ3v) is 3.86. The molecule has 19 heavy (non-hydrogen) atoms. The number of hydrogen-bond donors (Lipinski definition) is 0. The maximum Gasteiger partial charge on any atom is 0.279 e. The third kappa shape index (κ3) is 2.09. The molecule has 100 valence electrons. The Morgan fingerprint density at radius 3 is 2.68 bits per heavy atom. The molecule has 0 spiro atoms. The van der Waals surface area contributed by atoms with Crippen LogP contribution in [0.4, 0.5) is 0 Å². The summed E-state index contributed by atoms with van der Waals surface area (Å²) in [5.74, 6) is 0. The summed E-state index contributed by atoms with van der Waals surface area (Å²) in [6, 6.07) is 0. The Kier molecular flexibility index (Phi) is 3.52. The second-order valence-electron chi connectivity index (χ2n) is 5.24. The van der Waals surface area contributed by atoms with Crippen LogP contribution in [0.3, 0.4) is 0 Å². The van der Waals surface area contributed by atoms with E-state index in [9.17, 15) is 4.79 Å². The van der Waals surface area contributed by atoms with Gasteiger partial charge in [0.1, 0.15) is 0 Å². The van der Waals surface area contributed by atoms with E-state index in [-0.39, 0.29) is 16.8 Å². The monoisotopic (exact) mass is 258 g/mol. The summed E-state index contributed by atoms with van der Waals surface area (Å²) < 4.78 is 3.32. The van der Waals surface area contributed by atoms with Gasteiger partial charge in [-0.3, -0.25) is 9.36 Å². The topological polar surface area (TPSA) is 52.7 Å². The minimum atomic E-state index is -0.304. The highest BCUT2D eigenvalue weighted by atomic mass is 16.1. The number of aryl methyl sites for hydroxylation is 1. The van der Waals surface area contributed by atoms with Crippen molar-refractivity contribution in [3.8, 4) is 0 Å². The molecule has 2 aromatic rings. The van der Waals surface area contributed by atoms with Crippen molar-refractivity contribution >= 4 is 24.7 Å². The van der Waals surface area contributed by atoms with Crippen LogP contribution in [0.25, 0.3) is 11.2 Å². The van der Waals surface area contributed by atoms with Crippen LogP contribution in [0.5, 0.6) is 0 Å². The van der Waals surface area contributed by atoms with Gasteiger partial charge >= 0.3 is 0 Å². The molecule has 2 radical (unpaired) electrons. The van der Waals surface area contributed by atoms with Gasteiger partial charge in [0.2, 0.25) is 0 Å². The van der Waals surface area contributed by atoms with Crippen LogP contribution >= 0.6 is 0 Å². The van der Waals surface area contributed by atoms with Gasteiger partial charge in [-0.2, -0.15) is 0 Å². The molecule has 0 fully saturated rings. The fraction of sp³-hybridized carbons (Fsp3) is 0.615. The summed E-state index contributed by atoms with van der Waals surface area (Å²) in [6.45, 7) is 6.22. The van der Waals surface area contributed by atoms with E-state index in [1.807, 2.05) is 0 Å². The fourth-order valence-electron chi connectivity index (χ4n) is 2.62. The van der Waals surface area contributed by atoms with E-state index < -0.39 is 0 Å². The number of rotatable bonds is 4. The first kappa shape index (κ1) is 13.8. The lowest BCUT2D eigenvalue weighted by atomic mass is 9.90. The summed E-state index contributed by atoms with van der Waals surface area (Å²) in [5.41, 5.74) is 0.747. The molecule has 2 heterocycles. The van der Waals surface area contributed by atoms with Crippen LogP contribution in [0, 0.1) is 0 Å². The van der Waals surface area contributed by atoms with Gasteiger partial charge in [0, 0.05) is 12.6 Å². The molecule has 0 aromatic carbocycles. The number of aromatic nitrogens is 4. The first-order valence-electron chi connectivity index (χ1n) is 6.64. The lowest BCUT2D eigenvalue weighted by Crippen LogP contribution is -2.48. The van der Waals surface area contributed by atoms with Crippen molar-refractivity contribution in [3.05, 3.63) is 16.7 Å². The predicted molar refractivity (Wildman–Crippen MR) is 77.0 cm³/mol. The Morgan fingerprint density at radius 2 is 2.11 bits per heavy atom. The first-order chi connectivity index (χ1) is 8.94. The summed E-state index contributed by atoms with van der Waals surface area (Å²) in [5, 5.41) is 0. The summed E-state index contributed by atoms with van der Waals surface area (Å²) in [7, 11) is 7.78. The standard InChI is InChI=1S/C13H19BN4O/c1-5-7-13(3,6-2)18-11(19)9-10(16-12(18)14)15-8-17(9)4/h8H,5-7H2,1-4H3. The maximum absolute atomic E-state index is 12.7. The van der Waals surface area contributed by atoms with Crippen molar-refractivity contribution < 1.29 is 0 Å². The van der Waals surface area contributed by atoms with Gasteiger partial charge in [-0.15, -0.1) is 0 Å². The quantitative estimate of drug-likeness (QED) is 0.764. The first-order valence-corrected chi connectivity index (χ1v) is 6.64. The highest BCUT2D eigenvalue weighted by molar-refractivity contribution is 6.29. The average Bonchev–Trinajstić information content (AvgIpc) is 2.71. The Morgan fingerprint density at radius 1 is 1.42 bits per heavy atom. The molecule has 0 bridgehead atoms. The zero-order valence-corrected chi connectivity index (χ0v) is 12.0. The van der Waals surface area contributed by atoms with Crippen LogP contribution in [-0.2, 0) is 12.6 Å². The van der Waals surface area contributed by atoms with Gasteiger partial charge in [-0.25, -0.2) is 9.97 Å². The van der Waals surface area contributed by atoms with E-state index in [0.29, 0.717) is 11.2 Å². The number of nitrogens with zero attached hydrogens (tertiary/aromatic N) is 4. The molecule has 0 N–H and O–H groups in total. The number of imidazole rings is 1. The van der Waals surface area contributed by atoms with Gasteiger partial charge in [-0.1, -0.05) is 20.3 Å². The van der Waals surface area contributed by atoms with Crippen molar-refractivity contribution in [2.24, 2.45) is 7.05 Å². The smallest absolute Gasteiger partial charge is 0.279 e. The molecule has 0 saturated carbocycles. The van der Waals surface area contributed by atoms with Crippen molar-refractivity contribution in [1.29, 1.82) is 0 Å². The van der Waals surface area contributed by atoms with E-state index in [0.717, 1.165) is 19.3 Å². The molecule has 5 nitrogen and oxygen atoms in total. The Labute approximate surface area is 114 Å². The van der Waals surface area contributed by atoms with Crippen LogP contribution < -0.4 is 11.3 Å². The molecule has 1 atom stereocenters. The summed E-state index contributed by atoms with van der Waals surface area (Å²) >= 11 is 0. The largest absolute Gasteiger partial charge is 0.328 e. The average molecular weight is 258 g/mol. The SMILES string of the molecule is [B]c1nc2ncn(C)c2c(=O)n1C(C)(CC)CCC. The molecule has 0 aliphatic rings. The predicted octanol–water partition coefficient (Wildman–Crippen LogP) is 0.849. The molecule has 1 unspecified atom stereocenters. The van der Waals surface area contributed by atoms with Crippen molar-refractivity contribution in [3.63, 3.8) is 0 Å². The van der Waals surface area contributed by atoms with Crippen LogP contribution in [0.15, 0.2) is 11.1 Å².